The minimum atomic E-state index is -0.703. The van der Waals surface area contributed by atoms with Gasteiger partial charge in [0.25, 0.3) is 5.91 Å². The van der Waals surface area contributed by atoms with E-state index in [2.05, 4.69) is 26.4 Å². The van der Waals surface area contributed by atoms with Gasteiger partial charge in [-0.25, -0.2) is 13.8 Å². The summed E-state index contributed by atoms with van der Waals surface area (Å²) in [5.41, 5.74) is 0.479. The molecule has 0 aliphatic carbocycles. The summed E-state index contributed by atoms with van der Waals surface area (Å²) in [4.78, 5) is 24.1. The number of pyridine rings is 2. The molecule has 6 rings (SSSR count). The molecule has 7 nitrogen and oxygen atoms in total. The van der Waals surface area contributed by atoms with Crippen LogP contribution in [0, 0.1) is 30.9 Å². The van der Waals surface area contributed by atoms with Crippen molar-refractivity contribution in [3.05, 3.63) is 58.9 Å². The maximum absolute atomic E-state index is 16.6. The summed E-state index contributed by atoms with van der Waals surface area (Å²) in [7, 11) is 1.50. The van der Waals surface area contributed by atoms with Crippen LogP contribution in [0.1, 0.15) is 34.5 Å². The lowest BCUT2D eigenvalue weighted by atomic mass is 9.94. The van der Waals surface area contributed by atoms with Gasteiger partial charge in [-0.15, -0.1) is 6.42 Å². The number of aromatic nitrogens is 2. The summed E-state index contributed by atoms with van der Waals surface area (Å²) in [5, 5.41) is 18.0. The van der Waals surface area contributed by atoms with Crippen molar-refractivity contribution >= 4 is 33.3 Å². The van der Waals surface area contributed by atoms with Gasteiger partial charge in [-0.1, -0.05) is 12.0 Å². The molecule has 2 aromatic heterocycles. The number of hydrogen-bond donors (Lipinski definition) is 3. The molecule has 2 atom stereocenters. The number of rotatable bonds is 3. The summed E-state index contributed by atoms with van der Waals surface area (Å²) in [6, 6.07) is 6.04. The van der Waals surface area contributed by atoms with E-state index in [0.29, 0.717) is 47.3 Å². The number of phenolic OH excluding ortho intramolecular Hbond substituents is 1. The number of halogens is 2. The van der Waals surface area contributed by atoms with Gasteiger partial charge in [-0.3, -0.25) is 9.78 Å². The maximum atomic E-state index is 16.6. The average Bonchev–Trinajstić information content (AvgIpc) is 3.25. The summed E-state index contributed by atoms with van der Waals surface area (Å²) >= 11 is 0. The molecule has 0 saturated carbocycles. The number of aryl methyl sites for hydroxylation is 1. The Morgan fingerprint density at radius 1 is 1.21 bits per heavy atom. The predicted molar refractivity (Wildman–Crippen MR) is 142 cm³/mol. The van der Waals surface area contributed by atoms with Crippen molar-refractivity contribution in [1.82, 2.24) is 20.6 Å². The van der Waals surface area contributed by atoms with E-state index in [1.807, 2.05) is 0 Å². The molecule has 2 fully saturated rings. The predicted octanol–water partition coefficient (Wildman–Crippen LogP) is 4.02. The van der Waals surface area contributed by atoms with Crippen LogP contribution < -0.4 is 15.5 Å². The van der Waals surface area contributed by atoms with Gasteiger partial charge >= 0.3 is 0 Å². The van der Waals surface area contributed by atoms with E-state index in [9.17, 15) is 14.3 Å². The van der Waals surface area contributed by atoms with Gasteiger partial charge in [0.15, 0.2) is 5.82 Å². The zero-order valence-electron chi connectivity index (χ0n) is 20.9. The number of phenols is 1. The minimum absolute atomic E-state index is 0.0479. The lowest BCUT2D eigenvalue weighted by Crippen LogP contribution is -2.51. The zero-order valence-corrected chi connectivity index (χ0v) is 20.9. The number of aromatic hydroxyl groups is 1. The number of nitrogens with one attached hydrogen (secondary N) is 2. The summed E-state index contributed by atoms with van der Waals surface area (Å²) in [6.45, 7) is 3.01. The first-order chi connectivity index (χ1) is 18.3. The van der Waals surface area contributed by atoms with E-state index in [1.165, 1.54) is 37.5 Å². The Hall–Kier alpha value is -4.29. The quantitative estimate of drug-likeness (QED) is 0.359. The van der Waals surface area contributed by atoms with Crippen molar-refractivity contribution in [3.63, 3.8) is 0 Å². The van der Waals surface area contributed by atoms with Gasteiger partial charge in [-0.05, 0) is 48.9 Å². The number of carbonyl (C=O) groups excluding carboxylic acids is 1. The molecule has 2 aliphatic heterocycles. The number of anilines is 1. The summed E-state index contributed by atoms with van der Waals surface area (Å²) in [6.07, 6.45) is 9.24. The lowest BCUT2D eigenvalue weighted by molar-refractivity contribution is 0.0957. The molecule has 2 aliphatic rings. The molecule has 4 aromatic rings. The van der Waals surface area contributed by atoms with Crippen molar-refractivity contribution < 1.29 is 18.7 Å². The topological polar surface area (TPSA) is 90.4 Å². The van der Waals surface area contributed by atoms with Crippen LogP contribution in [0.2, 0.25) is 0 Å². The minimum Gasteiger partial charge on any atom is -0.508 e. The number of terminal acetylenes is 1. The molecule has 0 spiro atoms. The van der Waals surface area contributed by atoms with Crippen LogP contribution in [0.5, 0.6) is 5.75 Å². The SMILES string of the molecule is C#Cc1c(F)ccc2cc(O)cc(-c3ncc4c(N5CC6CCC(C5)N6)nc(C(=O)NC)c(C)c4c3F)c12. The zero-order chi connectivity index (χ0) is 26.7. The van der Waals surface area contributed by atoms with E-state index in [0.717, 1.165) is 12.8 Å². The van der Waals surface area contributed by atoms with Gasteiger partial charge in [0.1, 0.15) is 28.8 Å². The number of carbonyl (C=O) groups is 1. The van der Waals surface area contributed by atoms with Crippen molar-refractivity contribution in [2.75, 3.05) is 25.0 Å². The molecular formula is C29H25F2N5O2. The Bertz CT molecular complexity index is 1690. The van der Waals surface area contributed by atoms with Gasteiger partial charge < -0.3 is 20.6 Å². The van der Waals surface area contributed by atoms with Gasteiger partial charge in [-0.2, -0.15) is 0 Å². The van der Waals surface area contributed by atoms with Crippen molar-refractivity contribution in [3.8, 4) is 29.4 Å². The molecule has 38 heavy (non-hydrogen) atoms. The van der Waals surface area contributed by atoms with Gasteiger partial charge in [0, 0.05) is 60.1 Å². The smallest absolute Gasteiger partial charge is 0.270 e. The standard InChI is InChI=1S/C29H25F2N5O2/c1-4-19-22(30)8-5-15-9-18(37)10-20(24(15)19)27-25(31)23-14(2)26(29(38)32-3)35-28(21(23)11-33-27)36-12-16-6-7-17(13-36)34-16/h1,5,8-11,16-17,34,37H,6-7,12-13H2,2-3H3,(H,32,38). The highest BCUT2D eigenvalue weighted by Gasteiger charge is 2.34. The first-order valence-electron chi connectivity index (χ1n) is 12.4. The Morgan fingerprint density at radius 2 is 1.95 bits per heavy atom. The van der Waals surface area contributed by atoms with Crippen LogP contribution in [0.4, 0.5) is 14.6 Å². The fraction of sp³-hybridized carbons (Fsp3) is 0.276. The Kier molecular flexibility index (Phi) is 5.65. The normalized spacial score (nSPS) is 18.7. The monoisotopic (exact) mass is 513 g/mol. The largest absolute Gasteiger partial charge is 0.508 e. The van der Waals surface area contributed by atoms with Crippen LogP contribution in [0.15, 0.2) is 30.5 Å². The van der Waals surface area contributed by atoms with Crippen molar-refractivity contribution in [2.45, 2.75) is 31.8 Å². The van der Waals surface area contributed by atoms with Crippen LogP contribution >= 0.6 is 0 Å². The number of benzene rings is 2. The Morgan fingerprint density at radius 3 is 2.63 bits per heavy atom. The molecule has 1 amide bonds. The Labute approximate surface area is 217 Å². The first-order valence-corrected chi connectivity index (χ1v) is 12.4. The van der Waals surface area contributed by atoms with E-state index in [-0.39, 0.29) is 39.0 Å². The molecule has 2 bridgehead atoms. The fourth-order valence-corrected chi connectivity index (χ4v) is 5.88. The second-order valence-corrected chi connectivity index (χ2v) is 9.90. The molecular weight excluding hydrogens is 488 g/mol. The highest BCUT2D eigenvalue weighted by atomic mass is 19.1. The van der Waals surface area contributed by atoms with Gasteiger partial charge in [0.05, 0.1) is 5.56 Å². The fourth-order valence-electron chi connectivity index (χ4n) is 5.88. The molecule has 4 heterocycles. The lowest BCUT2D eigenvalue weighted by Gasteiger charge is -2.34. The first kappa shape index (κ1) is 24.1. The number of hydrogen-bond acceptors (Lipinski definition) is 6. The van der Waals surface area contributed by atoms with Crippen LogP contribution in [0.25, 0.3) is 32.8 Å². The third-order valence-corrected chi connectivity index (χ3v) is 7.62. The third kappa shape index (κ3) is 3.63. The van der Waals surface area contributed by atoms with E-state index >= 15 is 4.39 Å². The number of nitrogens with zero attached hydrogens (tertiary/aromatic N) is 3. The number of fused-ring (bicyclic) bond motifs is 4. The van der Waals surface area contributed by atoms with E-state index in [4.69, 9.17) is 11.4 Å². The highest BCUT2D eigenvalue weighted by molar-refractivity contribution is 6.06. The molecule has 2 saturated heterocycles. The van der Waals surface area contributed by atoms with Gasteiger partial charge in [0.2, 0.25) is 0 Å². The van der Waals surface area contributed by atoms with Crippen LogP contribution in [0.3, 0.4) is 0 Å². The summed E-state index contributed by atoms with van der Waals surface area (Å²) < 4.78 is 31.3. The molecule has 3 N–H and O–H groups in total. The van der Waals surface area contributed by atoms with Crippen LogP contribution in [-0.4, -0.2) is 53.2 Å². The second kappa shape index (κ2) is 8.92. The third-order valence-electron chi connectivity index (χ3n) is 7.62. The van der Waals surface area contributed by atoms with Crippen LogP contribution in [-0.2, 0) is 0 Å². The Balaban J connectivity index is 1.65. The van der Waals surface area contributed by atoms with E-state index in [1.54, 1.807) is 6.92 Å². The maximum Gasteiger partial charge on any atom is 0.270 e. The number of amides is 1. The highest BCUT2D eigenvalue weighted by Crippen LogP contribution is 2.40. The second-order valence-electron chi connectivity index (χ2n) is 9.90. The van der Waals surface area contributed by atoms with Crippen molar-refractivity contribution in [1.29, 1.82) is 0 Å². The van der Waals surface area contributed by atoms with E-state index < -0.39 is 17.5 Å². The number of piperazine rings is 1. The average molecular weight is 514 g/mol. The molecule has 192 valence electrons. The van der Waals surface area contributed by atoms with Crippen molar-refractivity contribution in [2.24, 2.45) is 0 Å². The molecule has 0 radical (unpaired) electrons. The molecule has 2 aromatic carbocycles. The summed E-state index contributed by atoms with van der Waals surface area (Å²) in [5.74, 6) is 0.942. The molecule has 2 unspecified atom stereocenters. The molecule has 9 heteroatoms.